The zero-order valence-electron chi connectivity index (χ0n) is 19.0. The molecule has 0 saturated carbocycles. The molecule has 3 nitrogen and oxygen atoms in total. The van der Waals surface area contributed by atoms with E-state index in [2.05, 4.69) is 13.0 Å². The monoisotopic (exact) mass is 498 g/mol. The Labute approximate surface area is 201 Å². The van der Waals surface area contributed by atoms with Crippen LogP contribution in [0.25, 0.3) is 0 Å². The van der Waals surface area contributed by atoms with Gasteiger partial charge in [0, 0.05) is 15.0 Å². The van der Waals surface area contributed by atoms with Crippen molar-refractivity contribution < 1.29 is 27.4 Å². The largest absolute Gasteiger partial charge is 0.482 e. The molecule has 0 amide bonds. The first-order valence-corrected chi connectivity index (χ1v) is 13.0. The zero-order chi connectivity index (χ0) is 24.0. The van der Waals surface area contributed by atoms with Crippen molar-refractivity contribution in [1.29, 1.82) is 0 Å². The van der Waals surface area contributed by atoms with Crippen LogP contribution < -0.4 is 4.74 Å². The van der Waals surface area contributed by atoms with E-state index in [-0.39, 0.29) is 18.5 Å². The number of alkyl halides is 3. The minimum atomic E-state index is -4.30. The number of thioether (sulfide) groups is 2. The van der Waals surface area contributed by atoms with Gasteiger partial charge in [0.05, 0.1) is 12.2 Å². The lowest BCUT2D eigenvalue weighted by Gasteiger charge is -2.15. The number of ether oxygens (including phenoxy) is 2. The lowest BCUT2D eigenvalue weighted by atomic mass is 9.95. The standard InChI is InChI=1S/C25H29F3O3S2/c1-4-17-13-19(9-11-21(17)31-15-24(29)30-5-2)32-12-6-7-22-16(3)20-10-8-18(25(26,27)28)14-23(20)33-22/h8-11,13-14,16,22H,4-7,12,15H2,1-3H3. The van der Waals surface area contributed by atoms with E-state index in [1.807, 2.05) is 19.1 Å². The normalized spacial score (nSPS) is 17.6. The summed E-state index contributed by atoms with van der Waals surface area (Å²) >= 11 is 3.34. The Morgan fingerprint density at radius 3 is 2.64 bits per heavy atom. The van der Waals surface area contributed by atoms with E-state index >= 15 is 0 Å². The van der Waals surface area contributed by atoms with Gasteiger partial charge in [-0.25, -0.2) is 4.79 Å². The second kappa shape index (κ2) is 11.6. The van der Waals surface area contributed by atoms with Crippen molar-refractivity contribution in [3.8, 4) is 5.75 Å². The number of esters is 1. The molecule has 8 heteroatoms. The second-order valence-electron chi connectivity index (χ2n) is 7.90. The Hall–Kier alpha value is -1.80. The van der Waals surface area contributed by atoms with Crippen LogP contribution >= 0.6 is 23.5 Å². The number of fused-ring (bicyclic) bond motifs is 1. The highest BCUT2D eigenvalue weighted by molar-refractivity contribution is 8.00. The van der Waals surface area contributed by atoms with Crippen LogP contribution in [0.5, 0.6) is 5.75 Å². The summed E-state index contributed by atoms with van der Waals surface area (Å²) in [6, 6.07) is 10.1. The fourth-order valence-electron chi connectivity index (χ4n) is 3.84. The summed E-state index contributed by atoms with van der Waals surface area (Å²) in [5, 5.41) is 0.300. The maximum atomic E-state index is 13.0. The number of benzene rings is 2. The number of carbonyl (C=O) groups excluding carboxylic acids is 1. The van der Waals surface area contributed by atoms with Crippen LogP contribution in [0.15, 0.2) is 46.2 Å². The predicted octanol–water partition coefficient (Wildman–Crippen LogP) is 7.36. The molecule has 0 aromatic heterocycles. The molecule has 0 saturated heterocycles. The van der Waals surface area contributed by atoms with E-state index in [0.717, 1.165) is 45.9 Å². The van der Waals surface area contributed by atoms with Crippen molar-refractivity contribution in [2.75, 3.05) is 19.0 Å². The maximum absolute atomic E-state index is 13.0. The van der Waals surface area contributed by atoms with Crippen LogP contribution in [0.1, 0.15) is 56.2 Å². The summed E-state index contributed by atoms with van der Waals surface area (Å²) in [6.45, 7) is 6.14. The van der Waals surface area contributed by atoms with Crippen molar-refractivity contribution in [3.05, 3.63) is 53.1 Å². The molecule has 0 spiro atoms. The van der Waals surface area contributed by atoms with E-state index in [4.69, 9.17) is 9.47 Å². The van der Waals surface area contributed by atoms with Gasteiger partial charge in [-0.1, -0.05) is 19.9 Å². The highest BCUT2D eigenvalue weighted by Crippen LogP contribution is 2.48. The van der Waals surface area contributed by atoms with Crippen LogP contribution in [0.2, 0.25) is 0 Å². The molecular weight excluding hydrogens is 469 g/mol. The fourth-order valence-corrected chi connectivity index (χ4v) is 6.32. The van der Waals surface area contributed by atoms with Gasteiger partial charge in [0.2, 0.25) is 0 Å². The summed E-state index contributed by atoms with van der Waals surface area (Å²) in [6.07, 6.45) is -1.57. The smallest absolute Gasteiger partial charge is 0.416 e. The minimum absolute atomic E-state index is 0.0998. The van der Waals surface area contributed by atoms with Crippen LogP contribution in [-0.2, 0) is 22.1 Å². The Balaban J connectivity index is 1.49. The number of aryl methyl sites for hydroxylation is 1. The lowest BCUT2D eigenvalue weighted by Crippen LogP contribution is -2.15. The molecule has 1 aliphatic rings. The van der Waals surface area contributed by atoms with Crippen LogP contribution in [0, 0.1) is 0 Å². The Morgan fingerprint density at radius 1 is 1.15 bits per heavy atom. The number of carbonyl (C=O) groups is 1. The average molecular weight is 499 g/mol. The van der Waals surface area contributed by atoms with Gasteiger partial charge in [-0.2, -0.15) is 13.2 Å². The molecule has 0 fully saturated rings. The average Bonchev–Trinajstić information content (AvgIpc) is 3.10. The molecule has 1 heterocycles. The van der Waals surface area contributed by atoms with Gasteiger partial charge < -0.3 is 9.47 Å². The molecular formula is C25H29F3O3S2. The summed E-state index contributed by atoms with van der Waals surface area (Å²) in [5.41, 5.74) is 1.50. The first-order chi connectivity index (χ1) is 15.7. The first kappa shape index (κ1) is 25.8. The van der Waals surface area contributed by atoms with E-state index in [0.29, 0.717) is 17.6 Å². The summed E-state index contributed by atoms with van der Waals surface area (Å²) in [4.78, 5) is 13.4. The zero-order valence-corrected chi connectivity index (χ0v) is 20.7. The summed E-state index contributed by atoms with van der Waals surface area (Å²) in [7, 11) is 0. The second-order valence-corrected chi connectivity index (χ2v) is 10.4. The van der Waals surface area contributed by atoms with Crippen molar-refractivity contribution in [3.63, 3.8) is 0 Å². The SMILES string of the molecule is CCOC(=O)COc1ccc(SCCCC2Sc3cc(C(F)(F)F)ccc3C2C)cc1CC. The Bertz CT molecular complexity index is 962. The molecule has 0 N–H and O–H groups in total. The highest BCUT2D eigenvalue weighted by Gasteiger charge is 2.35. The lowest BCUT2D eigenvalue weighted by molar-refractivity contribution is -0.145. The molecule has 2 unspecified atom stereocenters. The summed E-state index contributed by atoms with van der Waals surface area (Å²) < 4.78 is 49.5. The van der Waals surface area contributed by atoms with Gasteiger partial charge in [-0.3, -0.25) is 0 Å². The molecule has 2 aromatic carbocycles. The number of hydrogen-bond donors (Lipinski definition) is 0. The third-order valence-corrected chi connectivity index (χ3v) is 8.27. The van der Waals surface area contributed by atoms with Gasteiger partial charge in [0.25, 0.3) is 0 Å². The van der Waals surface area contributed by atoms with Crippen molar-refractivity contribution >= 4 is 29.5 Å². The third-order valence-electron chi connectivity index (χ3n) is 5.63. The van der Waals surface area contributed by atoms with Gasteiger partial charge in [-0.05, 0) is 79.3 Å². The number of rotatable bonds is 10. The molecule has 2 aromatic rings. The van der Waals surface area contributed by atoms with Gasteiger partial charge in [0.15, 0.2) is 6.61 Å². The molecule has 33 heavy (non-hydrogen) atoms. The fraction of sp³-hybridized carbons (Fsp3) is 0.480. The predicted molar refractivity (Wildman–Crippen MR) is 127 cm³/mol. The molecule has 0 aliphatic carbocycles. The molecule has 180 valence electrons. The molecule has 2 atom stereocenters. The Kier molecular flexibility index (Phi) is 9.04. The van der Waals surface area contributed by atoms with E-state index < -0.39 is 11.7 Å². The van der Waals surface area contributed by atoms with Gasteiger partial charge >= 0.3 is 12.1 Å². The summed E-state index contributed by atoms with van der Waals surface area (Å²) in [5.74, 6) is 1.50. The maximum Gasteiger partial charge on any atom is 0.416 e. The van der Waals surface area contributed by atoms with Crippen LogP contribution in [-0.4, -0.2) is 30.2 Å². The Morgan fingerprint density at radius 2 is 1.94 bits per heavy atom. The molecule has 0 bridgehead atoms. The number of hydrogen-bond acceptors (Lipinski definition) is 5. The van der Waals surface area contributed by atoms with Crippen molar-refractivity contribution in [1.82, 2.24) is 0 Å². The van der Waals surface area contributed by atoms with Gasteiger partial charge in [0.1, 0.15) is 5.75 Å². The molecule has 1 aliphatic heterocycles. The molecule has 3 rings (SSSR count). The van der Waals surface area contributed by atoms with E-state index in [9.17, 15) is 18.0 Å². The van der Waals surface area contributed by atoms with Crippen LogP contribution in [0.3, 0.4) is 0 Å². The van der Waals surface area contributed by atoms with E-state index in [1.165, 1.54) is 12.1 Å². The molecule has 0 radical (unpaired) electrons. The minimum Gasteiger partial charge on any atom is -0.482 e. The highest BCUT2D eigenvalue weighted by atomic mass is 32.2. The van der Waals surface area contributed by atoms with E-state index in [1.54, 1.807) is 36.5 Å². The topological polar surface area (TPSA) is 35.5 Å². The quantitative estimate of drug-likeness (QED) is 0.194. The first-order valence-electron chi connectivity index (χ1n) is 11.1. The third kappa shape index (κ3) is 6.85. The number of halogens is 3. The van der Waals surface area contributed by atoms with Crippen molar-refractivity contribution in [2.45, 2.75) is 67.2 Å². The van der Waals surface area contributed by atoms with Crippen LogP contribution in [0.4, 0.5) is 13.2 Å². The van der Waals surface area contributed by atoms with Gasteiger partial charge in [-0.15, -0.1) is 23.5 Å². The van der Waals surface area contributed by atoms with Crippen molar-refractivity contribution in [2.24, 2.45) is 0 Å².